The van der Waals surface area contributed by atoms with E-state index >= 15 is 0 Å². The molecule has 31 heavy (non-hydrogen) atoms. The van der Waals surface area contributed by atoms with E-state index in [1.54, 1.807) is 29.8 Å². The van der Waals surface area contributed by atoms with Gasteiger partial charge in [0.2, 0.25) is 0 Å². The van der Waals surface area contributed by atoms with Gasteiger partial charge in [0.25, 0.3) is 5.56 Å². The molecule has 2 aromatic heterocycles. The standard InChI is InChI=1S/C26H28N2O2S/c1-16-8-10-18(11-9-16)24-27-21-14-20(26(2,3)30)22(15-23(21)31-24)28-13-12-17-6-4-5-7-19(17)25(28)29/h4-7,12-16,18,30H,8-11H2,1-3H3. The lowest BCUT2D eigenvalue weighted by atomic mass is 9.83. The molecule has 4 aromatic rings. The van der Waals surface area contributed by atoms with Gasteiger partial charge in [0, 0.05) is 23.1 Å². The van der Waals surface area contributed by atoms with Crippen molar-refractivity contribution in [3.63, 3.8) is 0 Å². The van der Waals surface area contributed by atoms with Crippen LogP contribution in [-0.4, -0.2) is 14.7 Å². The molecule has 0 spiro atoms. The average molecular weight is 433 g/mol. The second kappa shape index (κ2) is 7.57. The van der Waals surface area contributed by atoms with Crippen molar-refractivity contribution in [2.24, 2.45) is 5.92 Å². The molecular formula is C26H28N2O2S. The first-order valence-corrected chi connectivity index (χ1v) is 11.9. The largest absolute Gasteiger partial charge is 0.386 e. The van der Waals surface area contributed by atoms with E-state index in [2.05, 4.69) is 6.92 Å². The summed E-state index contributed by atoms with van der Waals surface area (Å²) in [5.74, 6) is 1.32. The highest BCUT2D eigenvalue weighted by atomic mass is 32.1. The van der Waals surface area contributed by atoms with Crippen LogP contribution in [0.1, 0.15) is 62.9 Å². The Kier molecular flexibility index (Phi) is 4.98. The third-order valence-corrected chi connectivity index (χ3v) is 7.80. The molecule has 0 saturated heterocycles. The van der Waals surface area contributed by atoms with Gasteiger partial charge in [-0.2, -0.15) is 0 Å². The maximum atomic E-state index is 13.3. The summed E-state index contributed by atoms with van der Waals surface area (Å²) >= 11 is 1.73. The Hall–Kier alpha value is -2.50. The summed E-state index contributed by atoms with van der Waals surface area (Å²) in [6, 6.07) is 13.6. The molecule has 1 aliphatic rings. The predicted octanol–water partition coefficient (Wildman–Crippen LogP) is 6.12. The van der Waals surface area contributed by atoms with Gasteiger partial charge in [-0.15, -0.1) is 11.3 Å². The van der Waals surface area contributed by atoms with Crippen LogP contribution in [0.5, 0.6) is 0 Å². The molecular weight excluding hydrogens is 404 g/mol. The minimum absolute atomic E-state index is 0.0750. The van der Waals surface area contributed by atoms with Crippen LogP contribution in [0.3, 0.4) is 0 Å². The zero-order chi connectivity index (χ0) is 21.8. The van der Waals surface area contributed by atoms with Gasteiger partial charge in [0.1, 0.15) is 0 Å². The van der Waals surface area contributed by atoms with Crippen molar-refractivity contribution in [2.45, 2.75) is 58.0 Å². The first-order chi connectivity index (χ1) is 14.8. The van der Waals surface area contributed by atoms with Gasteiger partial charge in [-0.25, -0.2) is 4.98 Å². The molecule has 1 aliphatic carbocycles. The molecule has 0 unspecified atom stereocenters. The molecule has 4 nitrogen and oxygen atoms in total. The van der Waals surface area contributed by atoms with Gasteiger partial charge < -0.3 is 5.11 Å². The van der Waals surface area contributed by atoms with E-state index in [1.165, 1.54) is 30.7 Å². The third-order valence-electron chi connectivity index (χ3n) is 6.62. The number of thiazole rings is 1. The van der Waals surface area contributed by atoms with Crippen molar-refractivity contribution < 1.29 is 5.11 Å². The molecule has 160 valence electrons. The highest BCUT2D eigenvalue weighted by Gasteiger charge is 2.26. The topological polar surface area (TPSA) is 55.1 Å². The Bertz CT molecular complexity index is 1320. The number of nitrogens with zero attached hydrogens (tertiary/aromatic N) is 2. The van der Waals surface area contributed by atoms with Gasteiger partial charge in [-0.3, -0.25) is 9.36 Å². The lowest BCUT2D eigenvalue weighted by Crippen LogP contribution is -2.24. The molecule has 5 heteroatoms. The average Bonchev–Trinajstić information content (AvgIpc) is 3.16. The predicted molar refractivity (Wildman–Crippen MR) is 128 cm³/mol. The van der Waals surface area contributed by atoms with E-state index in [9.17, 15) is 9.90 Å². The normalized spacial score (nSPS) is 19.9. The maximum Gasteiger partial charge on any atom is 0.262 e. The van der Waals surface area contributed by atoms with Gasteiger partial charge in [0.05, 0.1) is 26.5 Å². The molecule has 2 heterocycles. The third kappa shape index (κ3) is 3.70. The highest BCUT2D eigenvalue weighted by Crippen LogP contribution is 2.40. The van der Waals surface area contributed by atoms with Gasteiger partial charge in [0.15, 0.2) is 0 Å². The van der Waals surface area contributed by atoms with E-state index in [4.69, 9.17) is 4.98 Å². The van der Waals surface area contributed by atoms with Gasteiger partial charge >= 0.3 is 0 Å². The Morgan fingerprint density at radius 1 is 1.10 bits per heavy atom. The summed E-state index contributed by atoms with van der Waals surface area (Å²) in [4.78, 5) is 18.3. The molecule has 1 N–H and O–H groups in total. The molecule has 0 amide bonds. The number of benzene rings is 2. The smallest absolute Gasteiger partial charge is 0.262 e. The maximum absolute atomic E-state index is 13.3. The van der Waals surface area contributed by atoms with Crippen molar-refractivity contribution in [3.05, 3.63) is 69.6 Å². The Labute approximate surface area is 186 Å². The summed E-state index contributed by atoms with van der Waals surface area (Å²) in [5.41, 5.74) is 1.18. The van der Waals surface area contributed by atoms with Crippen LogP contribution >= 0.6 is 11.3 Å². The van der Waals surface area contributed by atoms with Crippen molar-refractivity contribution in [1.82, 2.24) is 9.55 Å². The molecule has 2 aromatic carbocycles. The monoisotopic (exact) mass is 432 g/mol. The lowest BCUT2D eigenvalue weighted by Gasteiger charge is -2.24. The van der Waals surface area contributed by atoms with E-state index in [0.29, 0.717) is 16.9 Å². The zero-order valence-electron chi connectivity index (χ0n) is 18.3. The van der Waals surface area contributed by atoms with E-state index in [0.717, 1.165) is 27.2 Å². The molecule has 5 rings (SSSR count). The zero-order valence-corrected chi connectivity index (χ0v) is 19.1. The number of hydrogen-bond donors (Lipinski definition) is 1. The minimum Gasteiger partial charge on any atom is -0.386 e. The number of aromatic nitrogens is 2. The van der Waals surface area contributed by atoms with Crippen LogP contribution in [0, 0.1) is 5.92 Å². The van der Waals surface area contributed by atoms with E-state index < -0.39 is 5.60 Å². The van der Waals surface area contributed by atoms with Crippen LogP contribution in [-0.2, 0) is 5.60 Å². The SMILES string of the molecule is CC1CCC(c2nc3cc(C(C)(C)O)c(-n4ccc5ccccc5c4=O)cc3s2)CC1. The van der Waals surface area contributed by atoms with Crippen LogP contribution in [0.15, 0.2) is 53.5 Å². The Morgan fingerprint density at radius 3 is 2.58 bits per heavy atom. The van der Waals surface area contributed by atoms with Crippen LogP contribution < -0.4 is 5.56 Å². The van der Waals surface area contributed by atoms with Crippen molar-refractivity contribution >= 4 is 32.3 Å². The van der Waals surface area contributed by atoms with Gasteiger partial charge in [-0.1, -0.05) is 38.0 Å². The quantitative estimate of drug-likeness (QED) is 0.424. The van der Waals surface area contributed by atoms with Crippen LogP contribution in [0.2, 0.25) is 0 Å². The lowest BCUT2D eigenvalue weighted by molar-refractivity contribution is 0.0786. The minimum atomic E-state index is -1.10. The fourth-order valence-electron chi connectivity index (χ4n) is 4.73. The van der Waals surface area contributed by atoms with Gasteiger partial charge in [-0.05, 0) is 62.3 Å². The summed E-state index contributed by atoms with van der Waals surface area (Å²) < 4.78 is 2.73. The summed E-state index contributed by atoms with van der Waals surface area (Å²) in [6.45, 7) is 5.86. The second-order valence-electron chi connectivity index (χ2n) is 9.48. The summed E-state index contributed by atoms with van der Waals surface area (Å²) in [6.07, 6.45) is 6.71. The molecule has 0 radical (unpaired) electrons. The fraction of sp³-hybridized carbons (Fsp3) is 0.385. The number of aliphatic hydroxyl groups is 1. The number of rotatable bonds is 3. The fourth-order valence-corrected chi connectivity index (χ4v) is 5.88. The Balaban J connectivity index is 1.68. The van der Waals surface area contributed by atoms with Crippen molar-refractivity contribution in [1.29, 1.82) is 0 Å². The van der Waals surface area contributed by atoms with Crippen molar-refractivity contribution in [3.8, 4) is 5.69 Å². The van der Waals surface area contributed by atoms with Crippen LogP contribution in [0.25, 0.3) is 26.7 Å². The Morgan fingerprint density at radius 2 is 1.84 bits per heavy atom. The summed E-state index contributed by atoms with van der Waals surface area (Å²) in [7, 11) is 0. The number of fused-ring (bicyclic) bond motifs is 2. The second-order valence-corrected chi connectivity index (χ2v) is 10.5. The molecule has 0 aliphatic heterocycles. The summed E-state index contributed by atoms with van der Waals surface area (Å²) in [5, 5.41) is 13.7. The highest BCUT2D eigenvalue weighted by molar-refractivity contribution is 7.18. The molecule has 0 atom stereocenters. The molecule has 0 bridgehead atoms. The van der Waals surface area contributed by atoms with Crippen molar-refractivity contribution in [2.75, 3.05) is 0 Å². The first-order valence-electron chi connectivity index (χ1n) is 11.1. The number of hydrogen-bond acceptors (Lipinski definition) is 4. The molecule has 1 fully saturated rings. The molecule has 1 saturated carbocycles. The van der Waals surface area contributed by atoms with Crippen LogP contribution in [0.4, 0.5) is 0 Å². The van der Waals surface area contributed by atoms with E-state index in [1.807, 2.05) is 48.7 Å². The first kappa shape index (κ1) is 20.4. The number of pyridine rings is 1. The van der Waals surface area contributed by atoms with E-state index in [-0.39, 0.29) is 5.56 Å².